The summed E-state index contributed by atoms with van der Waals surface area (Å²) in [5, 5.41) is 1.32. The summed E-state index contributed by atoms with van der Waals surface area (Å²) in [6.07, 6.45) is 1.94. The van der Waals surface area contributed by atoms with E-state index < -0.39 is 0 Å². The highest BCUT2D eigenvalue weighted by atomic mass is 16.5. The summed E-state index contributed by atoms with van der Waals surface area (Å²) in [7, 11) is 2.13. The lowest BCUT2D eigenvalue weighted by atomic mass is 9.90. The van der Waals surface area contributed by atoms with E-state index in [9.17, 15) is 0 Å². The fraction of sp³-hybridized carbons (Fsp3) is 0.364. The Kier molecular flexibility index (Phi) is 5.44. The molecule has 0 saturated carbocycles. The Labute approximate surface area is 150 Å². The Morgan fingerprint density at radius 1 is 1.12 bits per heavy atom. The molecule has 1 aromatic heterocycles. The summed E-state index contributed by atoms with van der Waals surface area (Å²) < 4.78 is 8.05. The Bertz CT molecular complexity index is 850. The van der Waals surface area contributed by atoms with Gasteiger partial charge in [0.05, 0.1) is 6.61 Å². The summed E-state index contributed by atoms with van der Waals surface area (Å²) in [5.74, 6) is 1.25. The van der Waals surface area contributed by atoms with Crippen molar-refractivity contribution in [2.24, 2.45) is 12.8 Å². The van der Waals surface area contributed by atoms with Crippen molar-refractivity contribution in [1.82, 2.24) is 4.57 Å². The van der Waals surface area contributed by atoms with E-state index in [1.54, 1.807) is 0 Å². The summed E-state index contributed by atoms with van der Waals surface area (Å²) in [5.41, 5.74) is 11.4. The number of nitrogens with zero attached hydrogens (tertiary/aromatic N) is 1. The number of aromatic nitrogens is 1. The Balaban J connectivity index is 1.93. The quantitative estimate of drug-likeness (QED) is 0.687. The molecule has 0 bridgehead atoms. The minimum atomic E-state index is 0.299. The van der Waals surface area contributed by atoms with Crippen LogP contribution in [0.1, 0.15) is 36.1 Å². The molecule has 1 atom stereocenters. The lowest BCUT2D eigenvalue weighted by molar-refractivity contribution is 0.317. The number of rotatable bonds is 7. The van der Waals surface area contributed by atoms with Gasteiger partial charge in [0.25, 0.3) is 0 Å². The van der Waals surface area contributed by atoms with Gasteiger partial charge in [-0.1, -0.05) is 37.3 Å². The molecule has 2 N–H and O–H groups in total. The van der Waals surface area contributed by atoms with E-state index >= 15 is 0 Å². The van der Waals surface area contributed by atoms with Gasteiger partial charge in [-0.2, -0.15) is 0 Å². The molecule has 25 heavy (non-hydrogen) atoms. The maximum atomic E-state index is 6.20. The zero-order valence-corrected chi connectivity index (χ0v) is 15.5. The van der Waals surface area contributed by atoms with E-state index in [2.05, 4.69) is 67.9 Å². The van der Waals surface area contributed by atoms with Crippen LogP contribution in [0.15, 0.2) is 48.5 Å². The number of aryl methyl sites for hydroxylation is 1. The second-order valence-electron chi connectivity index (χ2n) is 6.71. The third kappa shape index (κ3) is 3.57. The molecule has 0 aliphatic rings. The number of fused-ring (bicyclic) bond motifs is 1. The van der Waals surface area contributed by atoms with Crippen molar-refractivity contribution in [2.45, 2.75) is 32.6 Å². The molecule has 0 radical (unpaired) electrons. The zero-order valence-electron chi connectivity index (χ0n) is 15.5. The summed E-state index contributed by atoms with van der Waals surface area (Å²) >= 11 is 0. The number of benzene rings is 2. The molecule has 3 rings (SSSR count). The van der Waals surface area contributed by atoms with Crippen molar-refractivity contribution in [3.63, 3.8) is 0 Å². The van der Waals surface area contributed by atoms with Crippen molar-refractivity contribution in [3.8, 4) is 5.75 Å². The zero-order chi connectivity index (χ0) is 17.8. The third-order valence-electron chi connectivity index (χ3n) is 4.99. The molecule has 0 aliphatic heterocycles. The first-order valence-corrected chi connectivity index (χ1v) is 9.11. The number of hydrogen-bond acceptors (Lipinski definition) is 2. The molecule has 132 valence electrons. The molecule has 0 saturated heterocycles. The first kappa shape index (κ1) is 17.6. The van der Waals surface area contributed by atoms with E-state index in [-0.39, 0.29) is 0 Å². The second-order valence-corrected chi connectivity index (χ2v) is 6.71. The molecule has 3 nitrogen and oxygen atoms in total. The van der Waals surface area contributed by atoms with Gasteiger partial charge in [0.15, 0.2) is 0 Å². The van der Waals surface area contributed by atoms with E-state index in [0.29, 0.717) is 12.5 Å². The fourth-order valence-electron chi connectivity index (χ4n) is 3.64. The topological polar surface area (TPSA) is 40.2 Å². The van der Waals surface area contributed by atoms with Crippen LogP contribution in [-0.2, 0) is 13.5 Å². The maximum Gasteiger partial charge on any atom is 0.119 e. The number of hydrogen-bond donors (Lipinski definition) is 1. The molecule has 1 unspecified atom stereocenters. The average molecular weight is 336 g/mol. The Morgan fingerprint density at radius 2 is 1.92 bits per heavy atom. The van der Waals surface area contributed by atoms with Gasteiger partial charge >= 0.3 is 0 Å². The Morgan fingerprint density at radius 3 is 2.68 bits per heavy atom. The molecular formula is C22H28N2O. The van der Waals surface area contributed by atoms with E-state index in [0.717, 1.165) is 25.2 Å². The van der Waals surface area contributed by atoms with Gasteiger partial charge in [-0.25, -0.2) is 0 Å². The first-order valence-electron chi connectivity index (χ1n) is 9.11. The highest BCUT2D eigenvalue weighted by Gasteiger charge is 2.20. The largest absolute Gasteiger partial charge is 0.494 e. The van der Waals surface area contributed by atoms with Crippen LogP contribution in [0.25, 0.3) is 10.9 Å². The van der Waals surface area contributed by atoms with Gasteiger partial charge in [0.2, 0.25) is 0 Å². The lowest BCUT2D eigenvalue weighted by Crippen LogP contribution is -2.16. The lowest BCUT2D eigenvalue weighted by Gasteiger charge is -2.17. The molecule has 0 amide bonds. The van der Waals surface area contributed by atoms with Crippen LogP contribution in [0.4, 0.5) is 0 Å². The van der Waals surface area contributed by atoms with Crippen LogP contribution in [-0.4, -0.2) is 17.7 Å². The van der Waals surface area contributed by atoms with Crippen molar-refractivity contribution in [1.29, 1.82) is 0 Å². The van der Waals surface area contributed by atoms with Gasteiger partial charge in [0, 0.05) is 29.6 Å². The second kappa shape index (κ2) is 7.75. The van der Waals surface area contributed by atoms with Crippen LogP contribution < -0.4 is 10.5 Å². The van der Waals surface area contributed by atoms with Gasteiger partial charge in [0.1, 0.15) is 5.75 Å². The predicted octanol–water partition coefficient (Wildman–Crippen LogP) is 4.56. The Hall–Kier alpha value is -2.26. The molecule has 2 aromatic carbocycles. The van der Waals surface area contributed by atoms with E-state index in [1.807, 2.05) is 6.07 Å². The van der Waals surface area contributed by atoms with Crippen LogP contribution in [0.2, 0.25) is 0 Å². The molecule has 0 aliphatic carbocycles. The summed E-state index contributed by atoms with van der Waals surface area (Å²) in [6, 6.07) is 17.0. The van der Waals surface area contributed by atoms with Gasteiger partial charge in [-0.3, -0.25) is 0 Å². The maximum absolute atomic E-state index is 6.20. The molecule has 0 fully saturated rings. The molecule has 3 aromatic rings. The van der Waals surface area contributed by atoms with Crippen LogP contribution in [0, 0.1) is 6.92 Å². The molecule has 1 heterocycles. The minimum Gasteiger partial charge on any atom is -0.494 e. The highest BCUT2D eigenvalue weighted by molar-refractivity contribution is 5.86. The van der Waals surface area contributed by atoms with Crippen molar-refractivity contribution in [2.75, 3.05) is 13.2 Å². The third-order valence-corrected chi connectivity index (χ3v) is 4.99. The van der Waals surface area contributed by atoms with E-state index in [4.69, 9.17) is 10.5 Å². The summed E-state index contributed by atoms with van der Waals surface area (Å²) in [6.45, 7) is 5.71. The van der Waals surface area contributed by atoms with Crippen LogP contribution in [0.3, 0.4) is 0 Å². The molecule has 3 heteroatoms. The van der Waals surface area contributed by atoms with Crippen LogP contribution in [0.5, 0.6) is 5.75 Å². The molecular weight excluding hydrogens is 308 g/mol. The van der Waals surface area contributed by atoms with E-state index in [1.165, 1.54) is 27.7 Å². The van der Waals surface area contributed by atoms with Gasteiger partial charge < -0.3 is 15.0 Å². The van der Waals surface area contributed by atoms with Crippen molar-refractivity contribution < 1.29 is 4.74 Å². The monoisotopic (exact) mass is 336 g/mol. The van der Waals surface area contributed by atoms with Gasteiger partial charge in [-0.15, -0.1) is 0 Å². The van der Waals surface area contributed by atoms with Gasteiger partial charge in [-0.05, 0) is 55.6 Å². The number of para-hydroxylation sites is 1. The SMILES string of the molecule is CCCOc1cccc(CC(CN)c2c(C)n(C)c3ccccc23)c1. The van der Waals surface area contributed by atoms with Crippen molar-refractivity contribution in [3.05, 3.63) is 65.4 Å². The standard InChI is InChI=1S/C22H28N2O/c1-4-12-25-19-9-7-8-17(14-19)13-18(15-23)22-16(2)24(3)21-11-6-5-10-20(21)22/h5-11,14,18H,4,12-13,15,23H2,1-3H3. The molecule has 0 spiro atoms. The summed E-state index contributed by atoms with van der Waals surface area (Å²) in [4.78, 5) is 0. The van der Waals surface area contributed by atoms with Crippen LogP contribution >= 0.6 is 0 Å². The normalized spacial score (nSPS) is 12.5. The first-order chi connectivity index (χ1) is 12.2. The fourth-order valence-corrected chi connectivity index (χ4v) is 3.64. The highest BCUT2D eigenvalue weighted by Crippen LogP contribution is 2.33. The number of nitrogens with two attached hydrogens (primary N) is 1. The van der Waals surface area contributed by atoms with Crippen molar-refractivity contribution >= 4 is 10.9 Å². The smallest absolute Gasteiger partial charge is 0.119 e. The predicted molar refractivity (Wildman–Crippen MR) is 105 cm³/mol. The minimum absolute atomic E-state index is 0.299. The number of ether oxygens (including phenoxy) is 1. The average Bonchev–Trinajstić information content (AvgIpc) is 2.90.